The van der Waals surface area contributed by atoms with Gasteiger partial charge in [0.25, 0.3) is 0 Å². The predicted octanol–water partition coefficient (Wildman–Crippen LogP) is 3.05. The molecule has 0 saturated carbocycles. The van der Waals surface area contributed by atoms with Gasteiger partial charge in [-0.3, -0.25) is 4.79 Å². The zero-order valence-electron chi connectivity index (χ0n) is 13.1. The summed E-state index contributed by atoms with van der Waals surface area (Å²) in [4.78, 5) is 14.8. The maximum atomic E-state index is 12.6. The number of carbonyl (C=O) groups is 1. The Morgan fingerprint density at radius 1 is 1.05 bits per heavy atom. The molecule has 1 heterocycles. The van der Waals surface area contributed by atoms with Crippen molar-refractivity contribution < 1.29 is 4.79 Å². The minimum Gasteiger partial charge on any atom is -0.342 e. The minimum atomic E-state index is 0.211. The lowest BCUT2D eigenvalue weighted by Crippen LogP contribution is -2.40. The van der Waals surface area contributed by atoms with Crippen molar-refractivity contribution in [1.82, 2.24) is 10.2 Å². The average Bonchev–Trinajstić information content (AvgIpc) is 2.83. The lowest BCUT2D eigenvalue weighted by molar-refractivity contribution is -0.136. The van der Waals surface area contributed by atoms with Gasteiger partial charge < -0.3 is 10.2 Å². The highest BCUT2D eigenvalue weighted by Gasteiger charge is 2.32. The molecule has 1 rings (SSSR count). The molecule has 0 aromatic heterocycles. The number of rotatable bonds is 9. The molecular weight excluding hydrogens is 236 g/mol. The molecule has 1 saturated heterocycles. The average molecular weight is 268 g/mol. The van der Waals surface area contributed by atoms with Crippen LogP contribution in [0.2, 0.25) is 0 Å². The molecule has 2 unspecified atom stereocenters. The Balaban J connectivity index is 2.47. The van der Waals surface area contributed by atoms with Gasteiger partial charge in [-0.05, 0) is 25.3 Å². The van der Waals surface area contributed by atoms with E-state index in [-0.39, 0.29) is 5.92 Å². The predicted molar refractivity (Wildman–Crippen MR) is 81.2 cm³/mol. The summed E-state index contributed by atoms with van der Waals surface area (Å²) in [6.07, 6.45) is 7.22. The van der Waals surface area contributed by atoms with E-state index >= 15 is 0 Å². The Morgan fingerprint density at radius 2 is 1.63 bits per heavy atom. The monoisotopic (exact) mass is 268 g/mol. The van der Waals surface area contributed by atoms with Crippen molar-refractivity contribution in [3.05, 3.63) is 0 Å². The SMILES string of the molecule is CCCCCN(CCCCC)C(=O)C1CNCC1C. The summed E-state index contributed by atoms with van der Waals surface area (Å²) >= 11 is 0. The maximum absolute atomic E-state index is 12.6. The number of amides is 1. The van der Waals surface area contributed by atoms with Crippen LogP contribution < -0.4 is 5.32 Å². The molecular formula is C16H32N2O. The van der Waals surface area contributed by atoms with E-state index in [1.54, 1.807) is 0 Å². The molecule has 112 valence electrons. The Bertz CT molecular complexity index is 245. The fraction of sp³-hybridized carbons (Fsp3) is 0.938. The summed E-state index contributed by atoms with van der Waals surface area (Å²) in [5.41, 5.74) is 0. The molecule has 0 radical (unpaired) electrons. The quantitative estimate of drug-likeness (QED) is 0.652. The summed E-state index contributed by atoms with van der Waals surface area (Å²) < 4.78 is 0. The lowest BCUT2D eigenvalue weighted by atomic mass is 9.96. The number of hydrogen-bond donors (Lipinski definition) is 1. The van der Waals surface area contributed by atoms with Crippen LogP contribution in [0.5, 0.6) is 0 Å². The molecule has 0 aromatic rings. The van der Waals surface area contributed by atoms with Gasteiger partial charge in [-0.15, -0.1) is 0 Å². The van der Waals surface area contributed by atoms with Crippen molar-refractivity contribution in [2.45, 2.75) is 59.3 Å². The molecule has 0 aliphatic carbocycles. The topological polar surface area (TPSA) is 32.3 Å². The highest BCUT2D eigenvalue weighted by Crippen LogP contribution is 2.19. The lowest BCUT2D eigenvalue weighted by Gasteiger charge is -2.27. The van der Waals surface area contributed by atoms with Gasteiger partial charge in [-0.2, -0.15) is 0 Å². The van der Waals surface area contributed by atoms with E-state index in [1.165, 1.54) is 25.7 Å². The zero-order valence-corrected chi connectivity index (χ0v) is 13.1. The zero-order chi connectivity index (χ0) is 14.1. The number of carbonyl (C=O) groups excluding carboxylic acids is 1. The number of nitrogens with zero attached hydrogens (tertiary/aromatic N) is 1. The molecule has 1 amide bonds. The fourth-order valence-corrected chi connectivity index (χ4v) is 2.81. The second kappa shape index (κ2) is 9.35. The standard InChI is InChI=1S/C16H32N2O/c1-4-6-8-10-18(11-9-7-5-2)16(19)15-13-17-12-14(15)3/h14-15,17H,4-13H2,1-3H3. The molecule has 1 aliphatic rings. The van der Waals surface area contributed by atoms with E-state index in [1.807, 2.05) is 0 Å². The minimum absolute atomic E-state index is 0.211. The van der Waals surface area contributed by atoms with Crippen molar-refractivity contribution in [2.24, 2.45) is 11.8 Å². The van der Waals surface area contributed by atoms with Crippen LogP contribution in [-0.2, 0) is 4.79 Å². The summed E-state index contributed by atoms with van der Waals surface area (Å²) in [6.45, 7) is 10.4. The second-order valence-electron chi connectivity index (χ2n) is 5.98. The van der Waals surface area contributed by atoms with Crippen LogP contribution in [0, 0.1) is 11.8 Å². The molecule has 0 bridgehead atoms. The Hall–Kier alpha value is -0.570. The summed E-state index contributed by atoms with van der Waals surface area (Å²) in [5, 5.41) is 3.34. The number of unbranched alkanes of at least 4 members (excludes halogenated alkanes) is 4. The van der Waals surface area contributed by atoms with E-state index in [0.29, 0.717) is 11.8 Å². The van der Waals surface area contributed by atoms with Crippen LogP contribution in [0.3, 0.4) is 0 Å². The molecule has 0 spiro atoms. The Morgan fingerprint density at radius 3 is 2.05 bits per heavy atom. The first kappa shape index (κ1) is 16.5. The van der Waals surface area contributed by atoms with Gasteiger partial charge >= 0.3 is 0 Å². The van der Waals surface area contributed by atoms with Crippen molar-refractivity contribution in [1.29, 1.82) is 0 Å². The molecule has 1 N–H and O–H groups in total. The van der Waals surface area contributed by atoms with E-state index in [2.05, 4.69) is 31.0 Å². The normalized spacial score (nSPS) is 22.7. The smallest absolute Gasteiger partial charge is 0.227 e. The van der Waals surface area contributed by atoms with Crippen LogP contribution in [0.4, 0.5) is 0 Å². The number of hydrogen-bond acceptors (Lipinski definition) is 2. The maximum Gasteiger partial charge on any atom is 0.227 e. The summed E-state index contributed by atoms with van der Waals surface area (Å²) in [5.74, 6) is 1.10. The molecule has 2 atom stereocenters. The van der Waals surface area contributed by atoms with Crippen LogP contribution in [-0.4, -0.2) is 37.0 Å². The molecule has 19 heavy (non-hydrogen) atoms. The summed E-state index contributed by atoms with van der Waals surface area (Å²) in [7, 11) is 0. The van der Waals surface area contributed by atoms with Crippen LogP contribution >= 0.6 is 0 Å². The van der Waals surface area contributed by atoms with Gasteiger partial charge in [0.1, 0.15) is 0 Å². The van der Waals surface area contributed by atoms with E-state index in [4.69, 9.17) is 0 Å². The van der Waals surface area contributed by atoms with Gasteiger partial charge in [0.2, 0.25) is 5.91 Å². The van der Waals surface area contributed by atoms with Gasteiger partial charge in [-0.25, -0.2) is 0 Å². The molecule has 3 heteroatoms. The third kappa shape index (κ3) is 5.52. The van der Waals surface area contributed by atoms with E-state index in [0.717, 1.165) is 39.0 Å². The largest absolute Gasteiger partial charge is 0.342 e. The van der Waals surface area contributed by atoms with Crippen LogP contribution in [0.1, 0.15) is 59.3 Å². The first-order chi connectivity index (χ1) is 9.20. The molecule has 0 aromatic carbocycles. The second-order valence-corrected chi connectivity index (χ2v) is 5.98. The Kier molecular flexibility index (Phi) is 8.11. The first-order valence-electron chi connectivity index (χ1n) is 8.20. The fourth-order valence-electron chi connectivity index (χ4n) is 2.81. The van der Waals surface area contributed by atoms with Gasteiger partial charge in [0.05, 0.1) is 5.92 Å². The first-order valence-corrected chi connectivity index (χ1v) is 8.20. The third-order valence-corrected chi connectivity index (χ3v) is 4.21. The Labute approximate surface area is 119 Å². The third-order valence-electron chi connectivity index (χ3n) is 4.21. The van der Waals surface area contributed by atoms with Gasteiger partial charge in [0.15, 0.2) is 0 Å². The van der Waals surface area contributed by atoms with Crippen LogP contribution in [0.15, 0.2) is 0 Å². The number of nitrogens with one attached hydrogen (secondary N) is 1. The summed E-state index contributed by atoms with van der Waals surface area (Å²) in [6, 6.07) is 0. The van der Waals surface area contributed by atoms with Crippen LogP contribution in [0.25, 0.3) is 0 Å². The van der Waals surface area contributed by atoms with Crippen molar-refractivity contribution in [3.63, 3.8) is 0 Å². The van der Waals surface area contributed by atoms with Crippen molar-refractivity contribution in [3.8, 4) is 0 Å². The van der Waals surface area contributed by atoms with E-state index < -0.39 is 0 Å². The van der Waals surface area contributed by atoms with Crippen molar-refractivity contribution in [2.75, 3.05) is 26.2 Å². The van der Waals surface area contributed by atoms with Crippen molar-refractivity contribution >= 4 is 5.91 Å². The molecule has 1 fully saturated rings. The van der Waals surface area contributed by atoms with E-state index in [9.17, 15) is 4.79 Å². The van der Waals surface area contributed by atoms with Gasteiger partial charge in [0, 0.05) is 19.6 Å². The molecule has 3 nitrogen and oxygen atoms in total. The van der Waals surface area contributed by atoms with Gasteiger partial charge in [-0.1, -0.05) is 46.5 Å². The molecule has 1 aliphatic heterocycles. The highest BCUT2D eigenvalue weighted by molar-refractivity contribution is 5.79. The highest BCUT2D eigenvalue weighted by atomic mass is 16.2.